The quantitative estimate of drug-likeness (QED) is 0.300. The second-order valence-corrected chi connectivity index (χ2v) is 8.14. The minimum atomic E-state index is -1.07. The van der Waals surface area contributed by atoms with E-state index >= 15 is 0 Å². The van der Waals surface area contributed by atoms with Gasteiger partial charge in [0.15, 0.2) is 0 Å². The molecule has 1 aromatic rings. The molecular formula is C19H25N5O5S. The van der Waals surface area contributed by atoms with Crippen molar-refractivity contribution in [1.82, 2.24) is 25.8 Å². The largest absolute Gasteiger partial charge is 0.352 e. The predicted octanol–water partition coefficient (Wildman–Crippen LogP) is -0.0256. The highest BCUT2D eigenvalue weighted by atomic mass is 32.1. The SMILES string of the molecule is CCCCCN1CCN(C(=O)NC(C(=O)NC2CNC2=O)c2cccs2)C(=O)C1=O. The van der Waals surface area contributed by atoms with Crippen molar-refractivity contribution in [2.24, 2.45) is 0 Å². The monoisotopic (exact) mass is 435 g/mol. The molecule has 0 bridgehead atoms. The second-order valence-electron chi connectivity index (χ2n) is 7.16. The number of carbonyl (C=O) groups excluding carboxylic acids is 5. The van der Waals surface area contributed by atoms with Gasteiger partial charge in [0, 0.05) is 31.1 Å². The number of β-lactam (4-membered cyclic amide) rings is 1. The van der Waals surface area contributed by atoms with Crippen molar-refractivity contribution in [1.29, 1.82) is 0 Å². The molecular weight excluding hydrogens is 410 g/mol. The summed E-state index contributed by atoms with van der Waals surface area (Å²) < 4.78 is 0. The van der Waals surface area contributed by atoms with Crippen molar-refractivity contribution >= 4 is 41.0 Å². The summed E-state index contributed by atoms with van der Waals surface area (Å²) in [5, 5.41) is 9.40. The molecule has 0 radical (unpaired) electrons. The van der Waals surface area contributed by atoms with Crippen LogP contribution in [0.1, 0.15) is 37.1 Å². The van der Waals surface area contributed by atoms with Crippen LogP contribution in [0.5, 0.6) is 0 Å². The molecule has 11 heteroatoms. The normalized spacial score (nSPS) is 19.8. The Balaban J connectivity index is 1.64. The van der Waals surface area contributed by atoms with Gasteiger partial charge in [-0.25, -0.2) is 4.79 Å². The summed E-state index contributed by atoms with van der Waals surface area (Å²) in [6, 6.07) is 0.872. The number of hydrogen-bond acceptors (Lipinski definition) is 6. The molecule has 3 heterocycles. The van der Waals surface area contributed by atoms with Crippen LogP contribution in [0, 0.1) is 0 Å². The van der Waals surface area contributed by atoms with E-state index in [1.54, 1.807) is 17.5 Å². The number of piperazine rings is 1. The molecule has 0 spiro atoms. The number of hydrogen-bond donors (Lipinski definition) is 3. The van der Waals surface area contributed by atoms with Gasteiger partial charge >= 0.3 is 17.8 Å². The van der Waals surface area contributed by atoms with E-state index in [9.17, 15) is 24.0 Å². The third-order valence-corrected chi connectivity index (χ3v) is 5.99. The van der Waals surface area contributed by atoms with Crippen LogP contribution in [0.3, 0.4) is 0 Å². The van der Waals surface area contributed by atoms with E-state index in [2.05, 4.69) is 16.0 Å². The molecule has 10 nitrogen and oxygen atoms in total. The highest BCUT2D eigenvalue weighted by Crippen LogP contribution is 2.20. The van der Waals surface area contributed by atoms with Crippen LogP contribution >= 0.6 is 11.3 Å². The van der Waals surface area contributed by atoms with Gasteiger partial charge in [-0.15, -0.1) is 11.3 Å². The number of rotatable bonds is 8. The molecule has 2 fully saturated rings. The minimum Gasteiger partial charge on any atom is -0.352 e. The smallest absolute Gasteiger partial charge is 0.325 e. The maximum atomic E-state index is 12.7. The van der Waals surface area contributed by atoms with E-state index in [1.807, 2.05) is 6.92 Å². The Kier molecular flexibility index (Phi) is 7.03. The first kappa shape index (κ1) is 21.8. The number of amides is 6. The van der Waals surface area contributed by atoms with E-state index < -0.39 is 35.8 Å². The van der Waals surface area contributed by atoms with Gasteiger partial charge in [0.1, 0.15) is 12.1 Å². The topological polar surface area (TPSA) is 128 Å². The summed E-state index contributed by atoms with van der Waals surface area (Å²) in [6.07, 6.45) is 2.76. The fourth-order valence-corrected chi connectivity index (χ4v) is 3.99. The van der Waals surface area contributed by atoms with Gasteiger partial charge in [-0.3, -0.25) is 24.1 Å². The molecule has 2 aliphatic rings. The number of unbranched alkanes of at least 4 members (excludes halogenated alkanes) is 2. The number of imide groups is 1. The number of nitrogens with zero attached hydrogens (tertiary/aromatic N) is 2. The average Bonchev–Trinajstić information content (AvgIpc) is 3.26. The molecule has 30 heavy (non-hydrogen) atoms. The summed E-state index contributed by atoms with van der Waals surface area (Å²) in [6.45, 7) is 3.18. The summed E-state index contributed by atoms with van der Waals surface area (Å²) in [7, 11) is 0. The maximum absolute atomic E-state index is 12.7. The predicted molar refractivity (Wildman–Crippen MR) is 108 cm³/mol. The van der Waals surface area contributed by atoms with E-state index in [-0.39, 0.29) is 19.0 Å². The van der Waals surface area contributed by atoms with E-state index in [1.165, 1.54) is 16.2 Å². The lowest BCUT2D eigenvalue weighted by atomic mass is 10.1. The van der Waals surface area contributed by atoms with Crippen LogP contribution in [0.15, 0.2) is 17.5 Å². The molecule has 2 unspecified atom stereocenters. The Morgan fingerprint density at radius 1 is 1.23 bits per heavy atom. The molecule has 6 amide bonds. The molecule has 0 aliphatic carbocycles. The number of nitrogens with one attached hydrogen (secondary N) is 3. The molecule has 0 saturated carbocycles. The number of thiophene rings is 1. The van der Waals surface area contributed by atoms with Crippen molar-refractivity contribution in [2.45, 2.75) is 38.3 Å². The molecule has 3 rings (SSSR count). The lowest BCUT2D eigenvalue weighted by Crippen LogP contribution is -2.63. The van der Waals surface area contributed by atoms with Crippen LogP contribution in [0.2, 0.25) is 0 Å². The molecule has 3 N–H and O–H groups in total. The Labute approximate surface area is 178 Å². The number of carbonyl (C=O) groups is 5. The third kappa shape index (κ3) is 4.78. The van der Waals surface area contributed by atoms with E-state index in [4.69, 9.17) is 0 Å². The van der Waals surface area contributed by atoms with Crippen LogP contribution < -0.4 is 16.0 Å². The lowest BCUT2D eigenvalue weighted by Gasteiger charge is -2.33. The molecule has 2 atom stereocenters. The Hall–Kier alpha value is -2.95. The molecule has 162 valence electrons. The first-order valence-electron chi connectivity index (χ1n) is 9.95. The van der Waals surface area contributed by atoms with Gasteiger partial charge in [0.25, 0.3) is 0 Å². The van der Waals surface area contributed by atoms with Crippen molar-refractivity contribution < 1.29 is 24.0 Å². The zero-order chi connectivity index (χ0) is 21.7. The van der Waals surface area contributed by atoms with Crippen molar-refractivity contribution in [3.8, 4) is 0 Å². The lowest BCUT2D eigenvalue weighted by molar-refractivity contribution is -0.153. The standard InChI is InChI=1S/C19H25N5O5S/c1-2-3-4-7-23-8-9-24(18(28)17(23)27)19(29)22-14(13-6-5-10-30-13)16(26)21-12-11-20-15(12)25/h5-6,10,12,14H,2-4,7-9,11H2,1H3,(H,20,25)(H,21,26)(H,22,29). The third-order valence-electron chi connectivity index (χ3n) is 5.06. The van der Waals surface area contributed by atoms with Gasteiger partial charge in [-0.1, -0.05) is 25.8 Å². The highest BCUT2D eigenvalue weighted by molar-refractivity contribution is 7.10. The van der Waals surface area contributed by atoms with Crippen LogP contribution in [0.25, 0.3) is 0 Å². The average molecular weight is 436 g/mol. The van der Waals surface area contributed by atoms with Crippen molar-refractivity contribution in [2.75, 3.05) is 26.2 Å². The fourth-order valence-electron chi connectivity index (χ4n) is 3.22. The van der Waals surface area contributed by atoms with Gasteiger partial charge < -0.3 is 20.9 Å². The summed E-state index contributed by atoms with van der Waals surface area (Å²) in [5.41, 5.74) is 0. The highest BCUT2D eigenvalue weighted by Gasteiger charge is 2.38. The van der Waals surface area contributed by atoms with Crippen LogP contribution in [0.4, 0.5) is 4.79 Å². The fraction of sp³-hybridized carbons (Fsp3) is 0.526. The first-order valence-corrected chi connectivity index (χ1v) is 10.8. The second kappa shape index (κ2) is 9.70. The first-order chi connectivity index (χ1) is 14.4. The molecule has 0 aromatic carbocycles. The van der Waals surface area contributed by atoms with Gasteiger partial charge in [-0.05, 0) is 17.9 Å². The summed E-state index contributed by atoms with van der Waals surface area (Å²) >= 11 is 1.26. The van der Waals surface area contributed by atoms with Gasteiger partial charge in [0.2, 0.25) is 11.8 Å². The van der Waals surface area contributed by atoms with Crippen molar-refractivity contribution in [3.05, 3.63) is 22.4 Å². The van der Waals surface area contributed by atoms with Gasteiger partial charge in [-0.2, -0.15) is 0 Å². The number of urea groups is 1. The van der Waals surface area contributed by atoms with Crippen LogP contribution in [-0.4, -0.2) is 71.7 Å². The Morgan fingerprint density at radius 3 is 2.63 bits per heavy atom. The van der Waals surface area contributed by atoms with Crippen LogP contribution in [-0.2, 0) is 19.2 Å². The van der Waals surface area contributed by atoms with E-state index in [0.29, 0.717) is 18.0 Å². The molecule has 2 saturated heterocycles. The molecule has 2 aliphatic heterocycles. The van der Waals surface area contributed by atoms with Gasteiger partial charge in [0.05, 0.1) is 0 Å². The Morgan fingerprint density at radius 2 is 2.03 bits per heavy atom. The zero-order valence-electron chi connectivity index (χ0n) is 16.7. The zero-order valence-corrected chi connectivity index (χ0v) is 17.5. The maximum Gasteiger partial charge on any atom is 0.325 e. The van der Waals surface area contributed by atoms with Crippen molar-refractivity contribution in [3.63, 3.8) is 0 Å². The minimum absolute atomic E-state index is 0.0618. The summed E-state index contributed by atoms with van der Waals surface area (Å²) in [4.78, 5) is 64.5. The Bertz CT molecular complexity index is 827. The summed E-state index contributed by atoms with van der Waals surface area (Å²) in [5.74, 6) is -2.46. The van der Waals surface area contributed by atoms with E-state index in [0.717, 1.165) is 24.2 Å². The molecule has 1 aromatic heterocycles.